The van der Waals surface area contributed by atoms with E-state index in [-0.39, 0.29) is 11.5 Å². The van der Waals surface area contributed by atoms with Gasteiger partial charge in [-0.15, -0.1) is 0 Å². The Morgan fingerprint density at radius 3 is 2.38 bits per heavy atom. The summed E-state index contributed by atoms with van der Waals surface area (Å²) in [5, 5.41) is 2.83. The predicted octanol–water partition coefficient (Wildman–Crippen LogP) is 3.76. The van der Waals surface area contributed by atoms with Gasteiger partial charge in [-0.3, -0.25) is 4.79 Å². The van der Waals surface area contributed by atoms with E-state index in [4.69, 9.17) is 0 Å². The lowest BCUT2D eigenvalue weighted by Crippen LogP contribution is -2.24. The Kier molecular flexibility index (Phi) is 5.83. The summed E-state index contributed by atoms with van der Waals surface area (Å²) in [5.74, 6) is -1.19. The molecule has 0 saturated heterocycles. The van der Waals surface area contributed by atoms with E-state index in [1.807, 2.05) is 39.0 Å². The number of carbonyl (C=O) groups excluding carboxylic acids is 1. The zero-order valence-electron chi connectivity index (χ0n) is 15.5. The zero-order chi connectivity index (χ0) is 19.6. The van der Waals surface area contributed by atoms with E-state index in [1.54, 1.807) is 0 Å². The van der Waals surface area contributed by atoms with Crippen molar-refractivity contribution >= 4 is 21.6 Å². The highest BCUT2D eigenvalue weighted by Crippen LogP contribution is 2.28. The first-order chi connectivity index (χ1) is 12.1. The van der Waals surface area contributed by atoms with Crippen molar-refractivity contribution in [1.82, 2.24) is 4.31 Å². The topological polar surface area (TPSA) is 66.5 Å². The largest absolute Gasteiger partial charge is 0.321 e. The molecule has 0 fully saturated rings. The molecule has 0 aromatic heterocycles. The van der Waals surface area contributed by atoms with Gasteiger partial charge in [-0.05, 0) is 42.2 Å². The Bertz CT molecular complexity index is 938. The van der Waals surface area contributed by atoms with Crippen LogP contribution in [0.5, 0.6) is 0 Å². The van der Waals surface area contributed by atoms with Gasteiger partial charge in [-0.2, -0.15) is 0 Å². The van der Waals surface area contributed by atoms with Crippen LogP contribution < -0.4 is 5.32 Å². The minimum atomic E-state index is -3.99. The lowest BCUT2D eigenvalue weighted by atomic mass is 9.98. The van der Waals surface area contributed by atoms with E-state index >= 15 is 0 Å². The number of hydrogen-bond acceptors (Lipinski definition) is 3. The minimum Gasteiger partial charge on any atom is -0.321 e. The molecular weight excluding hydrogens is 355 g/mol. The Balaban J connectivity index is 2.45. The average Bonchev–Trinajstić information content (AvgIpc) is 2.56. The maximum atomic E-state index is 14.0. The lowest BCUT2D eigenvalue weighted by Gasteiger charge is -2.17. The number of hydrogen-bond donors (Lipinski definition) is 1. The number of rotatable bonds is 5. The summed E-state index contributed by atoms with van der Waals surface area (Å²) in [6.45, 7) is 5.92. The molecule has 2 aromatic carbocycles. The van der Waals surface area contributed by atoms with Gasteiger partial charge in [0, 0.05) is 25.3 Å². The fraction of sp³-hybridized carbons (Fsp3) is 0.316. The molecule has 5 nitrogen and oxygen atoms in total. The van der Waals surface area contributed by atoms with E-state index in [9.17, 15) is 17.6 Å². The maximum Gasteiger partial charge on any atom is 0.255 e. The second-order valence-corrected chi connectivity index (χ2v) is 8.70. The molecule has 1 amide bonds. The van der Waals surface area contributed by atoms with Crippen molar-refractivity contribution in [3.63, 3.8) is 0 Å². The van der Waals surface area contributed by atoms with Crippen LogP contribution in [0.4, 0.5) is 10.1 Å². The summed E-state index contributed by atoms with van der Waals surface area (Å²) < 4.78 is 39.4. The minimum absolute atomic E-state index is 0.0739. The van der Waals surface area contributed by atoms with Crippen molar-refractivity contribution in [2.75, 3.05) is 19.4 Å². The fourth-order valence-corrected chi connectivity index (χ4v) is 3.55. The first-order valence-corrected chi connectivity index (χ1v) is 9.62. The van der Waals surface area contributed by atoms with Gasteiger partial charge in [0.05, 0.1) is 0 Å². The van der Waals surface area contributed by atoms with Gasteiger partial charge in [0.2, 0.25) is 10.0 Å². The van der Waals surface area contributed by atoms with Crippen molar-refractivity contribution in [2.45, 2.75) is 31.6 Å². The molecule has 0 atom stereocenters. The SMILES string of the molecule is Cc1cccc(C(C)C)c1NC(=O)c1ccc(F)c(S(=O)(=O)N(C)C)c1. The predicted molar refractivity (Wildman–Crippen MR) is 100 cm³/mol. The molecule has 0 radical (unpaired) electrons. The highest BCUT2D eigenvalue weighted by molar-refractivity contribution is 7.89. The van der Waals surface area contributed by atoms with Crippen LogP contribution in [0.25, 0.3) is 0 Å². The van der Waals surface area contributed by atoms with Crippen LogP contribution in [-0.2, 0) is 10.0 Å². The molecule has 0 unspecified atom stereocenters. The number of amides is 1. The van der Waals surface area contributed by atoms with Crippen molar-refractivity contribution in [3.8, 4) is 0 Å². The second-order valence-electron chi connectivity index (χ2n) is 6.58. The van der Waals surface area contributed by atoms with Crippen molar-refractivity contribution in [2.24, 2.45) is 0 Å². The summed E-state index contributed by atoms with van der Waals surface area (Å²) in [7, 11) is -1.37. The summed E-state index contributed by atoms with van der Waals surface area (Å²) in [4.78, 5) is 12.1. The Morgan fingerprint density at radius 2 is 1.81 bits per heavy atom. The molecule has 0 aliphatic heterocycles. The number of sulfonamides is 1. The first kappa shape index (κ1) is 20.1. The number of nitrogens with zero attached hydrogens (tertiary/aromatic N) is 1. The molecular formula is C19H23FN2O3S. The summed E-state index contributed by atoms with van der Waals surface area (Å²) in [5.41, 5.74) is 2.63. The highest BCUT2D eigenvalue weighted by atomic mass is 32.2. The second kappa shape index (κ2) is 7.55. The first-order valence-electron chi connectivity index (χ1n) is 8.18. The number of halogens is 1. The lowest BCUT2D eigenvalue weighted by molar-refractivity contribution is 0.102. The standard InChI is InChI=1S/C19H23FN2O3S/c1-12(2)15-8-6-7-13(3)18(15)21-19(23)14-9-10-16(20)17(11-14)26(24,25)22(4)5/h6-12H,1-5H3,(H,21,23). The average molecular weight is 378 g/mol. The van der Waals surface area contributed by atoms with E-state index in [0.717, 1.165) is 27.6 Å². The molecule has 2 aromatic rings. The molecule has 0 saturated carbocycles. The zero-order valence-corrected chi connectivity index (χ0v) is 16.3. The van der Waals surface area contributed by atoms with Gasteiger partial charge in [0.1, 0.15) is 10.7 Å². The van der Waals surface area contributed by atoms with Crippen LogP contribution in [0.1, 0.15) is 41.3 Å². The third-order valence-electron chi connectivity index (χ3n) is 4.12. The monoisotopic (exact) mass is 378 g/mol. The quantitative estimate of drug-likeness (QED) is 0.861. The number of anilines is 1. The molecule has 0 spiro atoms. The third kappa shape index (κ3) is 3.94. The number of carbonyl (C=O) groups is 1. The van der Waals surface area contributed by atoms with Crippen LogP contribution in [-0.4, -0.2) is 32.7 Å². The summed E-state index contributed by atoms with van der Waals surface area (Å²) in [6, 6.07) is 9.06. The van der Waals surface area contributed by atoms with Gasteiger partial charge in [0.25, 0.3) is 5.91 Å². The van der Waals surface area contributed by atoms with Gasteiger partial charge in [-0.1, -0.05) is 32.0 Å². The van der Waals surface area contributed by atoms with Crippen molar-refractivity contribution in [3.05, 3.63) is 58.9 Å². The van der Waals surface area contributed by atoms with Crippen molar-refractivity contribution in [1.29, 1.82) is 0 Å². The van der Waals surface area contributed by atoms with Crippen LogP contribution in [0.3, 0.4) is 0 Å². The van der Waals surface area contributed by atoms with Crippen LogP contribution in [0.15, 0.2) is 41.3 Å². The van der Waals surface area contributed by atoms with Crippen LogP contribution in [0.2, 0.25) is 0 Å². The molecule has 0 bridgehead atoms. The van der Waals surface area contributed by atoms with E-state index in [0.29, 0.717) is 5.69 Å². The maximum absolute atomic E-state index is 14.0. The Hall–Kier alpha value is -2.25. The van der Waals surface area contributed by atoms with Gasteiger partial charge < -0.3 is 5.32 Å². The smallest absolute Gasteiger partial charge is 0.255 e. The number of nitrogens with one attached hydrogen (secondary N) is 1. The van der Waals surface area contributed by atoms with Crippen LogP contribution >= 0.6 is 0 Å². The molecule has 140 valence electrons. The third-order valence-corrected chi connectivity index (χ3v) is 5.95. The number of benzene rings is 2. The van der Waals surface area contributed by atoms with E-state index in [2.05, 4.69) is 5.32 Å². The normalized spacial score (nSPS) is 11.8. The summed E-state index contributed by atoms with van der Waals surface area (Å²) >= 11 is 0. The number of aryl methyl sites for hydroxylation is 1. The molecule has 7 heteroatoms. The fourth-order valence-electron chi connectivity index (χ4n) is 2.57. The van der Waals surface area contributed by atoms with Gasteiger partial charge in [-0.25, -0.2) is 17.1 Å². The molecule has 0 aliphatic carbocycles. The summed E-state index contributed by atoms with van der Waals surface area (Å²) in [6.07, 6.45) is 0. The molecule has 26 heavy (non-hydrogen) atoms. The van der Waals surface area contributed by atoms with Crippen LogP contribution in [0, 0.1) is 12.7 Å². The molecule has 2 rings (SSSR count). The Morgan fingerprint density at radius 1 is 1.15 bits per heavy atom. The highest BCUT2D eigenvalue weighted by Gasteiger charge is 2.24. The van der Waals surface area contributed by atoms with E-state index in [1.165, 1.54) is 20.2 Å². The molecule has 0 heterocycles. The van der Waals surface area contributed by atoms with E-state index < -0.39 is 26.6 Å². The molecule has 1 N–H and O–H groups in total. The number of para-hydroxylation sites is 1. The van der Waals surface area contributed by atoms with Crippen molar-refractivity contribution < 1.29 is 17.6 Å². The Labute approximate surface area is 153 Å². The van der Waals surface area contributed by atoms with Gasteiger partial charge >= 0.3 is 0 Å². The van der Waals surface area contributed by atoms with Gasteiger partial charge in [0.15, 0.2) is 0 Å². The molecule has 0 aliphatic rings.